The molecule has 3 aromatic rings. The predicted molar refractivity (Wildman–Crippen MR) is 79.1 cm³/mol. The zero-order valence-corrected chi connectivity index (χ0v) is 11.6. The summed E-state index contributed by atoms with van der Waals surface area (Å²) in [5.41, 5.74) is 10.3. The van der Waals surface area contributed by atoms with Gasteiger partial charge < -0.3 is 10.3 Å². The zero-order valence-electron chi connectivity index (χ0n) is 11.6. The first-order valence-corrected chi connectivity index (χ1v) is 6.50. The summed E-state index contributed by atoms with van der Waals surface area (Å²) in [5.74, 6) is 0.671. The molecular weight excluding hydrogens is 250 g/mol. The first kappa shape index (κ1) is 12.5. The Bertz CT molecular complexity index is 724. The predicted octanol–water partition coefficient (Wildman–Crippen LogP) is 2.22. The highest BCUT2D eigenvalue weighted by Crippen LogP contribution is 2.27. The fourth-order valence-corrected chi connectivity index (χ4v) is 2.24. The highest BCUT2D eigenvalue weighted by Gasteiger charge is 2.14. The standard InChI is InChI=1S/C15H17N5/c1-11-13(8-18-19(11)2)14-15(16)20(10-17-14)9-12-6-4-3-5-7-12/h3-8,10H,9,16H2,1-2H3. The van der Waals surface area contributed by atoms with E-state index in [0.717, 1.165) is 23.5 Å². The van der Waals surface area contributed by atoms with Crippen LogP contribution in [0.2, 0.25) is 0 Å². The molecule has 20 heavy (non-hydrogen) atoms. The molecule has 2 heterocycles. The molecule has 0 saturated heterocycles. The highest BCUT2D eigenvalue weighted by atomic mass is 15.3. The Hall–Kier alpha value is -2.56. The summed E-state index contributed by atoms with van der Waals surface area (Å²) in [6, 6.07) is 10.2. The highest BCUT2D eigenvalue weighted by molar-refractivity contribution is 5.71. The molecule has 2 aromatic heterocycles. The molecule has 2 N–H and O–H groups in total. The Kier molecular flexibility index (Phi) is 3.02. The molecule has 5 nitrogen and oxygen atoms in total. The van der Waals surface area contributed by atoms with E-state index in [4.69, 9.17) is 5.73 Å². The van der Waals surface area contributed by atoms with Crippen molar-refractivity contribution >= 4 is 5.82 Å². The van der Waals surface area contributed by atoms with E-state index in [9.17, 15) is 0 Å². The molecule has 0 bridgehead atoms. The van der Waals surface area contributed by atoms with Crippen LogP contribution in [-0.4, -0.2) is 19.3 Å². The van der Waals surface area contributed by atoms with Crippen molar-refractivity contribution < 1.29 is 0 Å². The maximum atomic E-state index is 6.22. The molecule has 102 valence electrons. The molecule has 0 fully saturated rings. The Morgan fingerprint density at radius 2 is 1.95 bits per heavy atom. The monoisotopic (exact) mass is 267 g/mol. The second-order valence-corrected chi connectivity index (χ2v) is 4.86. The van der Waals surface area contributed by atoms with E-state index < -0.39 is 0 Å². The Balaban J connectivity index is 1.95. The van der Waals surface area contributed by atoms with Crippen molar-refractivity contribution in [2.75, 3.05) is 5.73 Å². The Morgan fingerprint density at radius 1 is 1.20 bits per heavy atom. The number of nitrogen functional groups attached to an aromatic ring is 1. The third-order valence-corrected chi connectivity index (χ3v) is 3.56. The van der Waals surface area contributed by atoms with Crippen molar-refractivity contribution in [2.24, 2.45) is 7.05 Å². The van der Waals surface area contributed by atoms with Gasteiger partial charge in [0.15, 0.2) is 0 Å². The van der Waals surface area contributed by atoms with Crippen molar-refractivity contribution in [3.05, 3.63) is 54.1 Å². The number of hydrogen-bond acceptors (Lipinski definition) is 3. The molecule has 0 unspecified atom stereocenters. The molecule has 0 aliphatic rings. The van der Waals surface area contributed by atoms with Gasteiger partial charge in [0.1, 0.15) is 11.5 Å². The van der Waals surface area contributed by atoms with Gasteiger partial charge in [0.05, 0.1) is 19.1 Å². The van der Waals surface area contributed by atoms with Gasteiger partial charge in [-0.05, 0) is 12.5 Å². The van der Waals surface area contributed by atoms with Crippen LogP contribution in [-0.2, 0) is 13.6 Å². The lowest BCUT2D eigenvalue weighted by Crippen LogP contribution is -2.03. The topological polar surface area (TPSA) is 61.7 Å². The average Bonchev–Trinajstić information content (AvgIpc) is 2.97. The number of benzene rings is 1. The van der Waals surface area contributed by atoms with Gasteiger partial charge in [0, 0.05) is 18.3 Å². The van der Waals surface area contributed by atoms with Crippen LogP contribution in [0.5, 0.6) is 0 Å². The fraction of sp³-hybridized carbons (Fsp3) is 0.200. The quantitative estimate of drug-likeness (QED) is 0.791. The molecule has 0 spiro atoms. The maximum absolute atomic E-state index is 6.22. The van der Waals surface area contributed by atoms with Crippen molar-refractivity contribution in [1.29, 1.82) is 0 Å². The number of aromatic nitrogens is 4. The number of aryl methyl sites for hydroxylation is 1. The largest absolute Gasteiger partial charge is 0.383 e. The van der Waals surface area contributed by atoms with Gasteiger partial charge in [-0.3, -0.25) is 4.68 Å². The smallest absolute Gasteiger partial charge is 0.131 e. The summed E-state index contributed by atoms with van der Waals surface area (Å²) in [6.07, 6.45) is 3.59. The van der Waals surface area contributed by atoms with Gasteiger partial charge in [-0.1, -0.05) is 30.3 Å². The lowest BCUT2D eigenvalue weighted by molar-refractivity contribution is 0.740. The van der Waals surface area contributed by atoms with E-state index in [-0.39, 0.29) is 0 Å². The molecule has 0 saturated carbocycles. The molecule has 3 rings (SSSR count). The third-order valence-electron chi connectivity index (χ3n) is 3.56. The van der Waals surface area contributed by atoms with Crippen LogP contribution in [0.4, 0.5) is 5.82 Å². The Morgan fingerprint density at radius 3 is 2.60 bits per heavy atom. The van der Waals surface area contributed by atoms with E-state index in [1.165, 1.54) is 5.56 Å². The summed E-state index contributed by atoms with van der Waals surface area (Å²) in [5, 5.41) is 4.24. The SMILES string of the molecule is Cc1c(-c2ncn(Cc3ccccc3)c2N)cnn1C. The minimum Gasteiger partial charge on any atom is -0.383 e. The van der Waals surface area contributed by atoms with Crippen molar-refractivity contribution in [3.63, 3.8) is 0 Å². The fourth-order valence-electron chi connectivity index (χ4n) is 2.24. The molecular formula is C15H17N5. The van der Waals surface area contributed by atoms with Gasteiger partial charge in [-0.15, -0.1) is 0 Å². The number of anilines is 1. The zero-order chi connectivity index (χ0) is 14.1. The molecule has 1 aromatic carbocycles. The van der Waals surface area contributed by atoms with Crippen LogP contribution in [0, 0.1) is 6.92 Å². The number of rotatable bonds is 3. The number of nitrogens with zero attached hydrogens (tertiary/aromatic N) is 4. The van der Waals surface area contributed by atoms with Crippen LogP contribution in [0.3, 0.4) is 0 Å². The van der Waals surface area contributed by atoms with E-state index >= 15 is 0 Å². The molecule has 0 aliphatic carbocycles. The van der Waals surface area contributed by atoms with Crippen LogP contribution in [0.25, 0.3) is 11.3 Å². The minimum absolute atomic E-state index is 0.671. The van der Waals surface area contributed by atoms with Crippen LogP contribution < -0.4 is 5.73 Å². The average molecular weight is 267 g/mol. The lowest BCUT2D eigenvalue weighted by atomic mass is 10.2. The van der Waals surface area contributed by atoms with Crippen LogP contribution >= 0.6 is 0 Å². The van der Waals surface area contributed by atoms with Crippen molar-refractivity contribution in [1.82, 2.24) is 19.3 Å². The molecule has 5 heteroatoms. The summed E-state index contributed by atoms with van der Waals surface area (Å²) >= 11 is 0. The lowest BCUT2D eigenvalue weighted by Gasteiger charge is -2.06. The second kappa shape index (κ2) is 4.85. The summed E-state index contributed by atoms with van der Waals surface area (Å²) < 4.78 is 3.78. The third kappa shape index (κ3) is 2.07. The van der Waals surface area contributed by atoms with Crippen molar-refractivity contribution in [2.45, 2.75) is 13.5 Å². The van der Waals surface area contributed by atoms with E-state index in [1.54, 1.807) is 12.5 Å². The van der Waals surface area contributed by atoms with Crippen LogP contribution in [0.15, 0.2) is 42.9 Å². The maximum Gasteiger partial charge on any atom is 0.131 e. The number of imidazole rings is 1. The number of hydrogen-bond donors (Lipinski definition) is 1. The first-order valence-electron chi connectivity index (χ1n) is 6.50. The summed E-state index contributed by atoms with van der Waals surface area (Å²) in [7, 11) is 1.91. The summed E-state index contributed by atoms with van der Waals surface area (Å²) in [6.45, 7) is 2.73. The van der Waals surface area contributed by atoms with E-state index in [0.29, 0.717) is 5.82 Å². The van der Waals surface area contributed by atoms with Crippen molar-refractivity contribution in [3.8, 4) is 11.3 Å². The summed E-state index contributed by atoms with van der Waals surface area (Å²) in [4.78, 5) is 4.44. The van der Waals surface area contributed by atoms with E-state index in [2.05, 4.69) is 22.2 Å². The molecule has 0 aliphatic heterocycles. The number of nitrogens with two attached hydrogens (primary N) is 1. The van der Waals surface area contributed by atoms with E-state index in [1.807, 2.05) is 41.4 Å². The Labute approximate surface area is 117 Å². The molecule has 0 amide bonds. The second-order valence-electron chi connectivity index (χ2n) is 4.86. The normalized spacial score (nSPS) is 10.9. The van der Waals surface area contributed by atoms with Gasteiger partial charge in [-0.25, -0.2) is 4.98 Å². The van der Waals surface area contributed by atoms with Crippen LogP contribution in [0.1, 0.15) is 11.3 Å². The van der Waals surface area contributed by atoms with Gasteiger partial charge >= 0.3 is 0 Å². The van der Waals surface area contributed by atoms with Gasteiger partial charge in [-0.2, -0.15) is 5.10 Å². The van der Waals surface area contributed by atoms with Gasteiger partial charge in [0.2, 0.25) is 0 Å². The first-order chi connectivity index (χ1) is 9.66. The van der Waals surface area contributed by atoms with Gasteiger partial charge in [0.25, 0.3) is 0 Å². The molecule has 0 atom stereocenters. The molecule has 0 radical (unpaired) electrons. The minimum atomic E-state index is 0.671.